The Hall–Kier alpha value is -3.94. The summed E-state index contributed by atoms with van der Waals surface area (Å²) >= 11 is 0. The molecule has 0 unspecified atom stereocenters. The molecule has 154 valence electrons. The first-order chi connectivity index (χ1) is 14.5. The second-order valence-electron chi connectivity index (χ2n) is 6.17. The number of benzene rings is 3. The highest BCUT2D eigenvalue weighted by atomic mass is 19.1. The first-order valence-corrected chi connectivity index (χ1v) is 8.88. The zero-order valence-corrected chi connectivity index (χ0v) is 15.9. The highest BCUT2D eigenvalue weighted by molar-refractivity contribution is 6.08. The van der Waals surface area contributed by atoms with Crippen molar-refractivity contribution in [2.75, 3.05) is 12.4 Å². The third-order valence-corrected chi connectivity index (χ3v) is 4.09. The van der Waals surface area contributed by atoms with Gasteiger partial charge in [0.05, 0.1) is 7.11 Å². The summed E-state index contributed by atoms with van der Waals surface area (Å²) in [6, 6.07) is 15.9. The molecule has 0 saturated heterocycles. The molecule has 8 heteroatoms. The summed E-state index contributed by atoms with van der Waals surface area (Å²) in [5, 5.41) is 4.30. The molecule has 0 aromatic heterocycles. The predicted octanol–water partition coefficient (Wildman–Crippen LogP) is 4.51. The van der Waals surface area contributed by atoms with Gasteiger partial charge in [-0.2, -0.15) is 0 Å². The number of hydrogen-bond acceptors (Lipinski definition) is 4. The van der Waals surface area contributed by atoms with Gasteiger partial charge in [0.25, 0.3) is 5.91 Å². The third kappa shape index (κ3) is 5.32. The lowest BCUT2D eigenvalue weighted by molar-refractivity contribution is 0.0959. The Morgan fingerprint density at radius 2 is 1.47 bits per heavy atom. The Morgan fingerprint density at radius 3 is 2.07 bits per heavy atom. The number of nitrogens with one attached hydrogen (secondary N) is 2. The van der Waals surface area contributed by atoms with Gasteiger partial charge in [0.1, 0.15) is 35.3 Å². The zero-order chi connectivity index (χ0) is 21.5. The van der Waals surface area contributed by atoms with Gasteiger partial charge in [-0.25, -0.2) is 13.6 Å². The molecule has 0 heterocycles. The Kier molecular flexibility index (Phi) is 6.59. The van der Waals surface area contributed by atoms with Crippen LogP contribution in [-0.4, -0.2) is 19.0 Å². The average molecular weight is 412 g/mol. The van der Waals surface area contributed by atoms with E-state index in [1.165, 1.54) is 0 Å². The molecule has 3 amide bonds. The quantitative estimate of drug-likeness (QED) is 0.624. The SMILES string of the molecule is COc1ccc(COc2ccc(NC(=O)NC(=O)c3c(F)cccc3F)cc2)cc1. The molecule has 30 heavy (non-hydrogen) atoms. The fourth-order valence-corrected chi connectivity index (χ4v) is 2.57. The van der Waals surface area contributed by atoms with Crippen LogP contribution in [0.2, 0.25) is 0 Å². The molecule has 3 aromatic rings. The molecular formula is C22H18F2N2O4. The smallest absolute Gasteiger partial charge is 0.326 e. The van der Waals surface area contributed by atoms with Crippen LogP contribution in [-0.2, 0) is 6.61 Å². The number of amides is 3. The van der Waals surface area contributed by atoms with E-state index in [9.17, 15) is 18.4 Å². The molecule has 3 rings (SSSR count). The Morgan fingerprint density at radius 1 is 0.867 bits per heavy atom. The van der Waals surface area contributed by atoms with Crippen LogP contribution in [0.4, 0.5) is 19.3 Å². The lowest BCUT2D eigenvalue weighted by atomic mass is 10.2. The number of ether oxygens (including phenoxy) is 2. The highest BCUT2D eigenvalue weighted by Gasteiger charge is 2.19. The van der Waals surface area contributed by atoms with Gasteiger partial charge in [0, 0.05) is 5.69 Å². The summed E-state index contributed by atoms with van der Waals surface area (Å²) in [6.45, 7) is 0.347. The van der Waals surface area contributed by atoms with E-state index >= 15 is 0 Å². The van der Waals surface area contributed by atoms with Crippen LogP contribution in [0.25, 0.3) is 0 Å². The van der Waals surface area contributed by atoms with Gasteiger partial charge < -0.3 is 14.8 Å². The maximum Gasteiger partial charge on any atom is 0.326 e. The highest BCUT2D eigenvalue weighted by Crippen LogP contribution is 2.18. The van der Waals surface area contributed by atoms with Crippen LogP contribution in [0.3, 0.4) is 0 Å². The number of anilines is 1. The van der Waals surface area contributed by atoms with Gasteiger partial charge in [-0.1, -0.05) is 18.2 Å². The van der Waals surface area contributed by atoms with Gasteiger partial charge in [0.2, 0.25) is 0 Å². The third-order valence-electron chi connectivity index (χ3n) is 4.09. The summed E-state index contributed by atoms with van der Waals surface area (Å²) in [4.78, 5) is 23.9. The monoisotopic (exact) mass is 412 g/mol. The van der Waals surface area contributed by atoms with Gasteiger partial charge in [-0.15, -0.1) is 0 Å². The maximum atomic E-state index is 13.6. The van der Waals surface area contributed by atoms with Gasteiger partial charge in [-0.05, 0) is 54.1 Å². The molecule has 0 radical (unpaired) electrons. The van der Waals surface area contributed by atoms with Gasteiger partial charge in [-0.3, -0.25) is 10.1 Å². The molecule has 0 aliphatic rings. The lowest BCUT2D eigenvalue weighted by Crippen LogP contribution is -2.35. The van der Waals surface area contributed by atoms with Gasteiger partial charge in [0.15, 0.2) is 0 Å². The minimum absolute atomic E-state index is 0.347. The molecule has 2 N–H and O–H groups in total. The van der Waals surface area contributed by atoms with E-state index in [1.807, 2.05) is 29.6 Å². The predicted molar refractivity (Wildman–Crippen MR) is 107 cm³/mol. The second-order valence-corrected chi connectivity index (χ2v) is 6.17. The Balaban J connectivity index is 1.53. The molecule has 0 bridgehead atoms. The van der Waals surface area contributed by atoms with Crippen molar-refractivity contribution in [2.45, 2.75) is 6.61 Å². The number of urea groups is 1. The van der Waals surface area contributed by atoms with Crippen molar-refractivity contribution in [3.8, 4) is 11.5 Å². The summed E-state index contributed by atoms with van der Waals surface area (Å²) < 4.78 is 38.0. The summed E-state index contributed by atoms with van der Waals surface area (Å²) in [7, 11) is 1.59. The fourth-order valence-electron chi connectivity index (χ4n) is 2.57. The number of rotatable bonds is 6. The molecule has 0 atom stereocenters. The van der Waals surface area contributed by atoms with E-state index < -0.39 is 29.1 Å². The van der Waals surface area contributed by atoms with Crippen molar-refractivity contribution in [3.05, 3.63) is 89.5 Å². The first kappa shape index (κ1) is 20.8. The van der Waals surface area contributed by atoms with Crippen molar-refractivity contribution in [3.63, 3.8) is 0 Å². The van der Waals surface area contributed by atoms with Crippen molar-refractivity contribution in [1.82, 2.24) is 5.32 Å². The minimum atomic E-state index is -1.18. The number of imide groups is 1. The van der Waals surface area contributed by atoms with Crippen molar-refractivity contribution in [2.24, 2.45) is 0 Å². The second kappa shape index (κ2) is 9.51. The van der Waals surface area contributed by atoms with E-state index in [1.54, 1.807) is 31.4 Å². The van der Waals surface area contributed by atoms with Crippen LogP contribution >= 0.6 is 0 Å². The van der Waals surface area contributed by atoms with Crippen molar-refractivity contribution < 1.29 is 27.8 Å². The Labute approximate surface area is 171 Å². The van der Waals surface area contributed by atoms with E-state index in [4.69, 9.17) is 9.47 Å². The van der Waals surface area contributed by atoms with E-state index in [0.29, 0.717) is 18.0 Å². The number of methoxy groups -OCH3 is 1. The average Bonchev–Trinajstić information content (AvgIpc) is 2.73. The van der Waals surface area contributed by atoms with Crippen molar-refractivity contribution in [1.29, 1.82) is 0 Å². The summed E-state index contributed by atoms with van der Waals surface area (Å²) in [5.74, 6) is -1.97. The van der Waals surface area contributed by atoms with Crippen LogP contribution in [0.5, 0.6) is 11.5 Å². The normalized spacial score (nSPS) is 10.2. The molecule has 0 spiro atoms. The van der Waals surface area contributed by atoms with E-state index in [0.717, 1.165) is 29.5 Å². The zero-order valence-electron chi connectivity index (χ0n) is 15.9. The van der Waals surface area contributed by atoms with Gasteiger partial charge >= 0.3 is 6.03 Å². The molecule has 0 aliphatic carbocycles. The number of hydrogen-bond donors (Lipinski definition) is 2. The summed E-state index contributed by atoms with van der Waals surface area (Å²) in [6.07, 6.45) is 0. The molecule has 3 aromatic carbocycles. The first-order valence-electron chi connectivity index (χ1n) is 8.88. The summed E-state index contributed by atoms with van der Waals surface area (Å²) in [5.41, 5.74) is 0.498. The van der Waals surface area contributed by atoms with Crippen LogP contribution in [0.1, 0.15) is 15.9 Å². The molecule has 0 aliphatic heterocycles. The van der Waals surface area contributed by atoms with Crippen LogP contribution in [0, 0.1) is 11.6 Å². The van der Waals surface area contributed by atoms with Crippen molar-refractivity contribution >= 4 is 17.6 Å². The van der Waals surface area contributed by atoms with Crippen LogP contribution in [0.15, 0.2) is 66.7 Å². The number of carbonyl (C=O) groups excluding carboxylic acids is 2. The fraction of sp³-hybridized carbons (Fsp3) is 0.0909. The largest absolute Gasteiger partial charge is 0.497 e. The lowest BCUT2D eigenvalue weighted by Gasteiger charge is -2.10. The minimum Gasteiger partial charge on any atom is -0.497 e. The van der Waals surface area contributed by atoms with E-state index in [2.05, 4.69) is 5.32 Å². The number of halogens is 2. The molecule has 0 saturated carbocycles. The molecular weight excluding hydrogens is 394 g/mol. The maximum absolute atomic E-state index is 13.6. The number of carbonyl (C=O) groups is 2. The Bertz CT molecular complexity index is 1020. The molecule has 6 nitrogen and oxygen atoms in total. The topological polar surface area (TPSA) is 76.7 Å². The van der Waals surface area contributed by atoms with Crippen LogP contribution < -0.4 is 20.1 Å². The van der Waals surface area contributed by atoms with E-state index in [-0.39, 0.29) is 0 Å². The molecule has 0 fully saturated rings. The standard InChI is InChI=1S/C22H18F2N2O4/c1-29-16-9-5-14(6-10-16)13-30-17-11-7-15(8-12-17)25-22(28)26-21(27)20-18(23)3-2-4-19(20)24/h2-12H,13H2,1H3,(H2,25,26,27,28).